The first-order chi connectivity index (χ1) is 8.13. The summed E-state index contributed by atoms with van der Waals surface area (Å²) in [5, 5.41) is 3.29. The zero-order chi connectivity index (χ0) is 12.9. The van der Waals surface area contributed by atoms with Crippen LogP contribution in [0.1, 0.15) is 29.1 Å². The normalized spacial score (nSPS) is 11.6. The van der Waals surface area contributed by atoms with Gasteiger partial charge in [-0.25, -0.2) is 0 Å². The predicted molar refractivity (Wildman–Crippen MR) is 72.5 cm³/mol. The minimum atomic E-state index is 0. The molecule has 0 aliphatic heterocycles. The second-order valence-corrected chi connectivity index (χ2v) is 4.80. The van der Waals surface area contributed by atoms with Gasteiger partial charge in [-0.3, -0.25) is 0 Å². The molecule has 0 bridgehead atoms. The third kappa shape index (κ3) is 15.8. The third-order valence-electron chi connectivity index (χ3n) is 1.99. The summed E-state index contributed by atoms with van der Waals surface area (Å²) in [6.07, 6.45) is 0. The molecule has 0 saturated carbocycles. The zero-order valence-corrected chi connectivity index (χ0v) is 11.8. The molecule has 0 aromatic carbocycles. The van der Waals surface area contributed by atoms with Gasteiger partial charge in [0.1, 0.15) is 0 Å². The van der Waals surface area contributed by atoms with Gasteiger partial charge in [0.2, 0.25) is 0 Å². The summed E-state index contributed by atoms with van der Waals surface area (Å²) in [4.78, 5) is 0. The molecule has 17 heavy (non-hydrogen) atoms. The first-order valence-corrected chi connectivity index (χ1v) is 6.59. The van der Waals surface area contributed by atoms with Crippen LogP contribution in [0.25, 0.3) is 0 Å². The van der Waals surface area contributed by atoms with Crippen molar-refractivity contribution in [2.75, 3.05) is 46.2 Å². The van der Waals surface area contributed by atoms with E-state index >= 15 is 0 Å². The molecule has 0 saturated heterocycles. The van der Waals surface area contributed by atoms with Crippen molar-refractivity contribution in [1.82, 2.24) is 5.32 Å². The predicted octanol–water partition coefficient (Wildman–Crippen LogP) is 1.94. The van der Waals surface area contributed by atoms with Gasteiger partial charge in [-0.2, -0.15) is 0 Å². The monoisotopic (exact) mass is 249 g/mol. The Morgan fingerprint density at radius 1 is 0.824 bits per heavy atom. The molecule has 4 heteroatoms. The van der Waals surface area contributed by atoms with E-state index in [0.717, 1.165) is 19.8 Å². The van der Waals surface area contributed by atoms with Crippen molar-refractivity contribution in [1.29, 1.82) is 0 Å². The van der Waals surface area contributed by atoms with Gasteiger partial charge in [-0.1, -0.05) is 27.7 Å². The highest BCUT2D eigenvalue weighted by Crippen LogP contribution is 1.91. The Bertz CT molecular complexity index is 141. The van der Waals surface area contributed by atoms with E-state index in [4.69, 9.17) is 14.2 Å². The van der Waals surface area contributed by atoms with Crippen LogP contribution in [-0.2, 0) is 14.2 Å². The lowest BCUT2D eigenvalue weighted by atomic mass is 10.2. The van der Waals surface area contributed by atoms with Gasteiger partial charge in [-0.05, 0) is 5.92 Å². The number of hydrogen-bond donors (Lipinski definition) is 1. The highest BCUT2D eigenvalue weighted by Gasteiger charge is 1.95. The second kappa shape index (κ2) is 12.3. The standard InChI is InChI=1S/C13H29NO3.H2/c1-12(2)11-17-10-9-16-8-7-15-6-5-14-13(3)4;/h12-14H,5-11H2,1-4H3;1H. The van der Waals surface area contributed by atoms with Crippen molar-refractivity contribution in [3.63, 3.8) is 0 Å². The Hall–Kier alpha value is -0.160. The Morgan fingerprint density at radius 2 is 1.35 bits per heavy atom. The van der Waals surface area contributed by atoms with Crippen LogP contribution in [0.4, 0.5) is 0 Å². The van der Waals surface area contributed by atoms with E-state index in [-0.39, 0.29) is 1.43 Å². The lowest BCUT2D eigenvalue weighted by molar-refractivity contribution is 0.00994. The smallest absolute Gasteiger partial charge is 0.0701 e. The Kier molecular flexibility index (Phi) is 12.2. The zero-order valence-electron chi connectivity index (χ0n) is 11.8. The quantitative estimate of drug-likeness (QED) is 0.537. The van der Waals surface area contributed by atoms with E-state index < -0.39 is 0 Å². The maximum atomic E-state index is 5.40. The number of nitrogens with one attached hydrogen (secondary N) is 1. The van der Waals surface area contributed by atoms with Crippen LogP contribution in [0, 0.1) is 5.92 Å². The van der Waals surface area contributed by atoms with Gasteiger partial charge >= 0.3 is 0 Å². The maximum absolute atomic E-state index is 5.40. The summed E-state index contributed by atoms with van der Waals surface area (Å²) < 4.78 is 16.2. The molecule has 0 unspecified atom stereocenters. The van der Waals surface area contributed by atoms with Crippen LogP contribution in [0.2, 0.25) is 0 Å². The van der Waals surface area contributed by atoms with Crippen molar-refractivity contribution in [3.05, 3.63) is 0 Å². The number of ether oxygens (including phenoxy) is 3. The molecular formula is C13H31NO3. The molecule has 1 N–H and O–H groups in total. The molecule has 0 atom stereocenters. The molecule has 0 aliphatic carbocycles. The van der Waals surface area contributed by atoms with Crippen LogP contribution >= 0.6 is 0 Å². The van der Waals surface area contributed by atoms with E-state index in [1.165, 1.54) is 0 Å². The molecule has 0 fully saturated rings. The van der Waals surface area contributed by atoms with Gasteiger partial charge < -0.3 is 19.5 Å². The minimum Gasteiger partial charge on any atom is -0.379 e. The molecule has 0 amide bonds. The van der Waals surface area contributed by atoms with Crippen molar-refractivity contribution in [3.8, 4) is 0 Å². The maximum Gasteiger partial charge on any atom is 0.0701 e. The van der Waals surface area contributed by atoms with Gasteiger partial charge in [0.05, 0.1) is 33.0 Å². The molecule has 0 rings (SSSR count). The summed E-state index contributed by atoms with van der Waals surface area (Å²) in [5.41, 5.74) is 0. The van der Waals surface area contributed by atoms with E-state index in [9.17, 15) is 0 Å². The largest absolute Gasteiger partial charge is 0.379 e. The van der Waals surface area contributed by atoms with E-state index in [1.54, 1.807) is 0 Å². The SMILES string of the molecule is CC(C)COCCOCCOCCNC(C)C.[HH]. The molecule has 4 nitrogen and oxygen atoms in total. The molecule has 0 heterocycles. The lowest BCUT2D eigenvalue weighted by Gasteiger charge is -2.09. The van der Waals surface area contributed by atoms with Crippen LogP contribution in [0.15, 0.2) is 0 Å². The first kappa shape index (κ1) is 16.8. The molecule has 0 radical (unpaired) electrons. The topological polar surface area (TPSA) is 39.7 Å². The molecule has 0 aromatic rings. The highest BCUT2D eigenvalue weighted by atomic mass is 16.5. The van der Waals surface area contributed by atoms with Gasteiger partial charge in [0, 0.05) is 20.6 Å². The fourth-order valence-electron chi connectivity index (χ4n) is 1.18. The fourth-order valence-corrected chi connectivity index (χ4v) is 1.18. The summed E-state index contributed by atoms with van der Waals surface area (Å²) in [6, 6.07) is 0.521. The molecule has 0 aliphatic rings. The molecular weight excluding hydrogens is 218 g/mol. The highest BCUT2D eigenvalue weighted by molar-refractivity contribution is 4.50. The second-order valence-electron chi connectivity index (χ2n) is 4.80. The minimum absolute atomic E-state index is 0. The average molecular weight is 249 g/mol. The average Bonchev–Trinajstić information content (AvgIpc) is 2.25. The summed E-state index contributed by atoms with van der Waals surface area (Å²) in [5.74, 6) is 0.590. The third-order valence-corrected chi connectivity index (χ3v) is 1.99. The van der Waals surface area contributed by atoms with Gasteiger partial charge in [0.25, 0.3) is 0 Å². The Labute approximate surface area is 107 Å². The van der Waals surface area contributed by atoms with Crippen molar-refractivity contribution >= 4 is 0 Å². The van der Waals surface area contributed by atoms with Crippen LogP contribution in [0.5, 0.6) is 0 Å². The van der Waals surface area contributed by atoms with Crippen molar-refractivity contribution in [2.45, 2.75) is 33.7 Å². The summed E-state index contributed by atoms with van der Waals surface area (Å²) in [7, 11) is 0. The van der Waals surface area contributed by atoms with Gasteiger partial charge in [0.15, 0.2) is 0 Å². The van der Waals surface area contributed by atoms with E-state index in [1.807, 2.05) is 0 Å². The Balaban J connectivity index is 0. The van der Waals surface area contributed by atoms with Crippen LogP contribution in [-0.4, -0.2) is 52.2 Å². The molecule has 106 valence electrons. The Morgan fingerprint density at radius 3 is 1.88 bits per heavy atom. The van der Waals surface area contributed by atoms with E-state index in [2.05, 4.69) is 33.0 Å². The van der Waals surface area contributed by atoms with Crippen LogP contribution in [0.3, 0.4) is 0 Å². The van der Waals surface area contributed by atoms with Gasteiger partial charge in [-0.15, -0.1) is 0 Å². The summed E-state index contributed by atoms with van der Waals surface area (Å²) >= 11 is 0. The number of rotatable bonds is 12. The lowest BCUT2D eigenvalue weighted by Crippen LogP contribution is -2.27. The van der Waals surface area contributed by atoms with Crippen molar-refractivity contribution < 1.29 is 15.6 Å². The van der Waals surface area contributed by atoms with Crippen molar-refractivity contribution in [2.24, 2.45) is 5.92 Å². The number of hydrogen-bond acceptors (Lipinski definition) is 4. The van der Waals surface area contributed by atoms with Crippen LogP contribution < -0.4 is 5.32 Å². The summed E-state index contributed by atoms with van der Waals surface area (Å²) in [6.45, 7) is 13.6. The first-order valence-electron chi connectivity index (χ1n) is 6.59. The fraction of sp³-hybridized carbons (Fsp3) is 1.00. The molecule has 0 spiro atoms. The van der Waals surface area contributed by atoms with E-state index in [0.29, 0.717) is 38.4 Å². The molecule has 0 aromatic heterocycles.